The van der Waals surface area contributed by atoms with E-state index >= 15 is 0 Å². The lowest BCUT2D eigenvalue weighted by Gasteiger charge is -2.28. The second-order valence-corrected chi connectivity index (χ2v) is 4.41. The predicted octanol–water partition coefficient (Wildman–Crippen LogP) is 3.70. The molecule has 0 aromatic heterocycles. The summed E-state index contributed by atoms with van der Waals surface area (Å²) in [6.45, 7) is 0. The minimum Gasteiger partial charge on any atom is -0.399 e. The van der Waals surface area contributed by atoms with Crippen LogP contribution in [0.4, 0.5) is 18.9 Å². The molecule has 1 aromatic rings. The third kappa shape index (κ3) is 2.31. The molecule has 1 aliphatic carbocycles. The molecule has 0 heterocycles. The quantitative estimate of drug-likeness (QED) is 0.730. The maximum absolute atomic E-state index is 13.6. The van der Waals surface area contributed by atoms with Gasteiger partial charge in [-0.1, -0.05) is 6.07 Å². The van der Waals surface area contributed by atoms with Gasteiger partial charge in [0.25, 0.3) is 0 Å². The summed E-state index contributed by atoms with van der Waals surface area (Å²) in [5.74, 6) is -3.05. The van der Waals surface area contributed by atoms with Crippen molar-refractivity contribution in [2.45, 2.75) is 37.5 Å². The van der Waals surface area contributed by atoms with Crippen molar-refractivity contribution in [1.82, 2.24) is 0 Å². The summed E-state index contributed by atoms with van der Waals surface area (Å²) < 4.78 is 39.4. The van der Waals surface area contributed by atoms with Crippen LogP contribution in [0.3, 0.4) is 0 Å². The Morgan fingerprint density at radius 2 is 1.81 bits per heavy atom. The molecular formula is C12H14F3N. The molecular weight excluding hydrogens is 215 g/mol. The summed E-state index contributed by atoms with van der Waals surface area (Å²) in [6.07, 6.45) is 0.380. The van der Waals surface area contributed by atoms with E-state index in [4.69, 9.17) is 5.73 Å². The summed E-state index contributed by atoms with van der Waals surface area (Å²) >= 11 is 0. The van der Waals surface area contributed by atoms with E-state index in [-0.39, 0.29) is 24.6 Å². The number of anilines is 1. The number of hydrogen-bond acceptors (Lipinski definition) is 1. The molecule has 16 heavy (non-hydrogen) atoms. The lowest BCUT2D eigenvalue weighted by atomic mass is 9.82. The van der Waals surface area contributed by atoms with E-state index in [0.717, 1.165) is 0 Å². The van der Waals surface area contributed by atoms with E-state index in [9.17, 15) is 13.2 Å². The molecule has 0 atom stereocenters. The van der Waals surface area contributed by atoms with Crippen LogP contribution in [0.5, 0.6) is 0 Å². The van der Waals surface area contributed by atoms with E-state index in [2.05, 4.69) is 0 Å². The van der Waals surface area contributed by atoms with Crippen molar-refractivity contribution in [2.75, 3.05) is 5.73 Å². The van der Waals surface area contributed by atoms with Crippen molar-refractivity contribution in [3.8, 4) is 0 Å². The van der Waals surface area contributed by atoms with E-state index in [1.165, 1.54) is 6.07 Å². The fourth-order valence-electron chi connectivity index (χ4n) is 2.23. The summed E-state index contributed by atoms with van der Waals surface area (Å²) in [5, 5.41) is 0. The molecule has 0 saturated heterocycles. The molecule has 1 saturated carbocycles. The summed E-state index contributed by atoms with van der Waals surface area (Å²) in [6, 6.07) is 4.48. The van der Waals surface area contributed by atoms with Gasteiger partial charge in [-0.05, 0) is 36.5 Å². The number of hydrogen-bond donors (Lipinski definition) is 1. The largest absolute Gasteiger partial charge is 0.399 e. The number of halogens is 3. The minimum atomic E-state index is -2.57. The van der Waals surface area contributed by atoms with Crippen LogP contribution in [-0.2, 0) is 0 Å². The van der Waals surface area contributed by atoms with Crippen molar-refractivity contribution in [1.29, 1.82) is 0 Å². The molecule has 0 radical (unpaired) electrons. The molecule has 2 N–H and O–H groups in total. The van der Waals surface area contributed by atoms with Gasteiger partial charge in [-0.25, -0.2) is 13.2 Å². The van der Waals surface area contributed by atoms with E-state index < -0.39 is 5.92 Å². The third-order valence-electron chi connectivity index (χ3n) is 3.18. The molecule has 1 aromatic carbocycles. The van der Waals surface area contributed by atoms with Gasteiger partial charge in [0, 0.05) is 18.5 Å². The first-order valence-corrected chi connectivity index (χ1v) is 5.41. The Bertz CT molecular complexity index is 380. The number of alkyl halides is 2. The van der Waals surface area contributed by atoms with E-state index in [1.54, 1.807) is 12.1 Å². The fraction of sp³-hybridized carbons (Fsp3) is 0.500. The summed E-state index contributed by atoms with van der Waals surface area (Å²) in [4.78, 5) is 0. The highest BCUT2D eigenvalue weighted by Gasteiger charge is 2.35. The smallest absolute Gasteiger partial charge is 0.248 e. The maximum Gasteiger partial charge on any atom is 0.248 e. The highest BCUT2D eigenvalue weighted by Crippen LogP contribution is 2.41. The van der Waals surface area contributed by atoms with Gasteiger partial charge < -0.3 is 5.73 Å². The van der Waals surface area contributed by atoms with Crippen LogP contribution < -0.4 is 5.73 Å². The topological polar surface area (TPSA) is 26.0 Å². The van der Waals surface area contributed by atoms with E-state index in [0.29, 0.717) is 24.1 Å². The number of nitrogens with two attached hydrogens (primary N) is 1. The van der Waals surface area contributed by atoms with Crippen molar-refractivity contribution in [3.05, 3.63) is 29.6 Å². The summed E-state index contributed by atoms with van der Waals surface area (Å²) in [7, 11) is 0. The molecule has 0 unspecified atom stereocenters. The highest BCUT2D eigenvalue weighted by molar-refractivity contribution is 5.41. The predicted molar refractivity (Wildman–Crippen MR) is 57.0 cm³/mol. The Hall–Kier alpha value is -1.19. The normalized spacial score (nSPS) is 20.9. The zero-order valence-electron chi connectivity index (χ0n) is 8.85. The van der Waals surface area contributed by atoms with Crippen molar-refractivity contribution < 1.29 is 13.2 Å². The molecule has 2 rings (SSSR count). The molecule has 4 heteroatoms. The van der Waals surface area contributed by atoms with Gasteiger partial charge in [0.05, 0.1) is 0 Å². The van der Waals surface area contributed by atoms with Crippen LogP contribution in [-0.4, -0.2) is 5.92 Å². The Morgan fingerprint density at radius 3 is 2.38 bits per heavy atom. The third-order valence-corrected chi connectivity index (χ3v) is 3.18. The van der Waals surface area contributed by atoms with Gasteiger partial charge in [0.1, 0.15) is 5.82 Å². The SMILES string of the molecule is Nc1ccc(C2CCC(F)(F)CC2)c(F)c1. The van der Waals surface area contributed by atoms with Crippen LogP contribution in [0.15, 0.2) is 18.2 Å². The number of nitrogen functional groups attached to an aromatic ring is 1. The Labute approximate surface area is 92.5 Å². The average Bonchev–Trinajstić information content (AvgIpc) is 2.19. The first-order valence-electron chi connectivity index (χ1n) is 5.41. The monoisotopic (exact) mass is 229 g/mol. The Balaban J connectivity index is 2.14. The zero-order valence-corrected chi connectivity index (χ0v) is 8.85. The zero-order chi connectivity index (χ0) is 11.8. The van der Waals surface area contributed by atoms with Gasteiger partial charge in [0.15, 0.2) is 0 Å². The van der Waals surface area contributed by atoms with Crippen LogP contribution in [0.2, 0.25) is 0 Å². The van der Waals surface area contributed by atoms with Gasteiger partial charge >= 0.3 is 0 Å². The number of rotatable bonds is 1. The molecule has 88 valence electrons. The van der Waals surface area contributed by atoms with Gasteiger partial charge in [0.2, 0.25) is 5.92 Å². The molecule has 0 amide bonds. The highest BCUT2D eigenvalue weighted by atomic mass is 19.3. The standard InChI is InChI=1S/C12H14F3N/c13-11-7-9(16)1-2-10(11)8-3-5-12(14,15)6-4-8/h1-2,7-8H,3-6,16H2. The van der Waals surface area contributed by atoms with Crippen LogP contribution in [0.1, 0.15) is 37.2 Å². The lowest BCUT2D eigenvalue weighted by Crippen LogP contribution is -2.24. The lowest BCUT2D eigenvalue weighted by molar-refractivity contribution is -0.0384. The first-order chi connectivity index (χ1) is 7.48. The first kappa shape index (κ1) is 11.3. The van der Waals surface area contributed by atoms with Crippen molar-refractivity contribution >= 4 is 5.69 Å². The Kier molecular flexibility index (Phi) is 2.82. The van der Waals surface area contributed by atoms with Gasteiger partial charge in [-0.3, -0.25) is 0 Å². The Morgan fingerprint density at radius 1 is 1.19 bits per heavy atom. The molecule has 1 fully saturated rings. The van der Waals surface area contributed by atoms with E-state index in [1.807, 2.05) is 0 Å². The van der Waals surface area contributed by atoms with Gasteiger partial charge in [-0.15, -0.1) is 0 Å². The molecule has 1 aliphatic rings. The molecule has 1 nitrogen and oxygen atoms in total. The molecule has 0 spiro atoms. The average molecular weight is 229 g/mol. The molecule has 0 aliphatic heterocycles. The van der Waals surface area contributed by atoms with Crippen LogP contribution in [0.25, 0.3) is 0 Å². The second-order valence-electron chi connectivity index (χ2n) is 4.41. The second kappa shape index (κ2) is 4.00. The van der Waals surface area contributed by atoms with Crippen LogP contribution in [0, 0.1) is 5.82 Å². The number of benzene rings is 1. The minimum absolute atomic E-state index is 0.0970. The van der Waals surface area contributed by atoms with Gasteiger partial charge in [-0.2, -0.15) is 0 Å². The van der Waals surface area contributed by atoms with Crippen molar-refractivity contribution in [2.24, 2.45) is 0 Å². The fourth-order valence-corrected chi connectivity index (χ4v) is 2.23. The van der Waals surface area contributed by atoms with Crippen molar-refractivity contribution in [3.63, 3.8) is 0 Å². The van der Waals surface area contributed by atoms with Crippen LogP contribution >= 0.6 is 0 Å². The molecule has 0 bridgehead atoms. The maximum atomic E-state index is 13.6. The summed E-state index contributed by atoms with van der Waals surface area (Å²) in [5.41, 5.74) is 6.32.